The minimum atomic E-state index is -0.481. The second-order valence-corrected chi connectivity index (χ2v) is 5.12. The Morgan fingerprint density at radius 3 is 2.95 bits per heavy atom. The van der Waals surface area contributed by atoms with Gasteiger partial charge in [0.05, 0.1) is 24.6 Å². The number of nitrogens with one attached hydrogen (secondary N) is 1. The van der Waals surface area contributed by atoms with Gasteiger partial charge in [-0.1, -0.05) is 11.8 Å². The van der Waals surface area contributed by atoms with Crippen molar-refractivity contribution in [2.75, 3.05) is 19.7 Å². The molecule has 1 aliphatic rings. The molecule has 1 saturated heterocycles. The van der Waals surface area contributed by atoms with Gasteiger partial charge < -0.3 is 15.1 Å². The summed E-state index contributed by atoms with van der Waals surface area (Å²) in [6.45, 7) is 2.43. The summed E-state index contributed by atoms with van der Waals surface area (Å²) in [5, 5.41) is 31.6. The summed E-state index contributed by atoms with van der Waals surface area (Å²) in [7, 11) is 0. The van der Waals surface area contributed by atoms with Crippen molar-refractivity contribution in [1.82, 2.24) is 0 Å². The third-order valence-corrected chi connectivity index (χ3v) is 3.67. The van der Waals surface area contributed by atoms with Gasteiger partial charge in [0.25, 0.3) is 5.69 Å². The predicted molar refractivity (Wildman–Crippen MR) is 66.8 cm³/mol. The van der Waals surface area contributed by atoms with E-state index in [9.17, 15) is 20.3 Å². The van der Waals surface area contributed by atoms with Crippen molar-refractivity contribution in [3.63, 3.8) is 0 Å². The number of aliphatic hydroxyl groups is 1. The summed E-state index contributed by atoms with van der Waals surface area (Å²) in [4.78, 5) is 11.4. The van der Waals surface area contributed by atoms with E-state index in [-0.39, 0.29) is 24.0 Å². The number of piperidine rings is 1. The molecule has 0 spiro atoms. The summed E-state index contributed by atoms with van der Waals surface area (Å²) < 4.78 is 0. The highest BCUT2D eigenvalue weighted by atomic mass is 16.6. The molecule has 0 amide bonds. The van der Waals surface area contributed by atoms with Crippen LogP contribution in [0.3, 0.4) is 0 Å². The number of nitro benzene ring substituents is 1. The molecule has 1 fully saturated rings. The molecule has 6 nitrogen and oxygen atoms in total. The molecule has 1 heterocycles. The van der Waals surface area contributed by atoms with Crippen molar-refractivity contribution < 1.29 is 20.0 Å². The molecule has 1 aromatic rings. The zero-order chi connectivity index (χ0) is 13.8. The molecule has 0 bridgehead atoms. The Hall–Kier alpha value is -1.66. The van der Waals surface area contributed by atoms with Crippen molar-refractivity contribution in [2.45, 2.75) is 19.4 Å². The summed E-state index contributed by atoms with van der Waals surface area (Å²) in [5.41, 5.74) is 0.451. The molecule has 1 unspecified atom stereocenters. The Bertz CT molecular complexity index is 464. The summed E-state index contributed by atoms with van der Waals surface area (Å²) in [6.07, 6.45) is 2.03. The predicted octanol–water partition coefficient (Wildman–Crippen LogP) is -0.544. The first-order valence-corrected chi connectivity index (χ1v) is 6.49. The number of hydrogen-bond acceptors (Lipinski definition) is 4. The topological polar surface area (TPSA) is 90.9 Å². The van der Waals surface area contributed by atoms with Crippen LogP contribution in [0.1, 0.15) is 18.4 Å². The lowest BCUT2D eigenvalue weighted by Gasteiger charge is -2.29. The summed E-state index contributed by atoms with van der Waals surface area (Å²) >= 11 is 0. The Balaban J connectivity index is 2.09. The van der Waals surface area contributed by atoms with Crippen LogP contribution in [0.25, 0.3) is 0 Å². The fourth-order valence-corrected chi connectivity index (χ4v) is 2.66. The number of aliphatic hydroxyl groups excluding tert-OH is 1. The van der Waals surface area contributed by atoms with E-state index in [1.165, 1.54) is 23.1 Å². The molecule has 19 heavy (non-hydrogen) atoms. The standard InChI is InChI=1S/C13H18N2O4/c16-9-10-2-1-5-14(7-10)8-11-6-12(15(18)19)3-4-13(11)17/h3-4,6,10,16-17H,1-2,5,7-9H2/t10-/m1/s1. The lowest BCUT2D eigenvalue weighted by atomic mass is 9.98. The molecular formula is C13H18N2O4. The number of hydrogen-bond donors (Lipinski definition) is 2. The zero-order valence-corrected chi connectivity index (χ0v) is 10.7. The van der Waals surface area contributed by atoms with Crippen LogP contribution < -0.4 is 10.0 Å². The van der Waals surface area contributed by atoms with Gasteiger partial charge >= 0.3 is 0 Å². The van der Waals surface area contributed by atoms with Gasteiger partial charge in [-0.2, -0.15) is 0 Å². The van der Waals surface area contributed by atoms with Crippen LogP contribution >= 0.6 is 0 Å². The van der Waals surface area contributed by atoms with Crippen LogP contribution in [0.2, 0.25) is 0 Å². The van der Waals surface area contributed by atoms with E-state index >= 15 is 0 Å². The van der Waals surface area contributed by atoms with Crippen molar-refractivity contribution in [2.24, 2.45) is 5.92 Å². The summed E-state index contributed by atoms with van der Waals surface area (Å²) in [6, 6.07) is 3.88. The van der Waals surface area contributed by atoms with Gasteiger partial charge in [0.15, 0.2) is 0 Å². The molecular weight excluding hydrogens is 248 g/mol. The van der Waals surface area contributed by atoms with Crippen molar-refractivity contribution in [1.29, 1.82) is 0 Å². The minimum absolute atomic E-state index is 0.0373. The number of nitrogens with zero attached hydrogens (tertiary/aromatic N) is 1. The van der Waals surface area contributed by atoms with E-state index < -0.39 is 4.92 Å². The van der Waals surface area contributed by atoms with Crippen LogP contribution in [0, 0.1) is 16.0 Å². The molecule has 0 saturated carbocycles. The van der Waals surface area contributed by atoms with Gasteiger partial charge in [0.1, 0.15) is 6.54 Å². The van der Waals surface area contributed by atoms with E-state index in [0.717, 1.165) is 25.9 Å². The smallest absolute Gasteiger partial charge is 0.269 e. The van der Waals surface area contributed by atoms with Crippen molar-refractivity contribution in [3.05, 3.63) is 33.9 Å². The number of nitro groups is 1. The van der Waals surface area contributed by atoms with Gasteiger partial charge in [-0.3, -0.25) is 10.1 Å². The lowest BCUT2D eigenvalue weighted by molar-refractivity contribution is -0.922. The van der Waals surface area contributed by atoms with Crippen LogP contribution in [0.5, 0.6) is 5.75 Å². The summed E-state index contributed by atoms with van der Waals surface area (Å²) in [5.74, 6) is 0.127. The maximum atomic E-state index is 11.7. The monoisotopic (exact) mass is 266 g/mol. The molecule has 2 atom stereocenters. The van der Waals surface area contributed by atoms with E-state index in [2.05, 4.69) is 0 Å². The SMILES string of the molecule is O=[N+]([O-])c1ccc([O-])c(C[NH+]2CCC[C@@H](CO)C2)c1. The Morgan fingerprint density at radius 1 is 1.47 bits per heavy atom. The Kier molecular flexibility index (Phi) is 4.34. The number of likely N-dealkylation sites (tertiary alicyclic amines) is 1. The molecule has 2 N–H and O–H groups in total. The number of benzene rings is 1. The van der Waals surface area contributed by atoms with Crippen molar-refractivity contribution >= 4 is 5.69 Å². The number of rotatable bonds is 4. The molecule has 104 valence electrons. The molecule has 0 aromatic heterocycles. The van der Waals surface area contributed by atoms with Gasteiger partial charge in [0.2, 0.25) is 0 Å². The molecule has 2 rings (SSSR count). The van der Waals surface area contributed by atoms with Crippen LogP contribution in [0.4, 0.5) is 5.69 Å². The van der Waals surface area contributed by atoms with Gasteiger partial charge in [-0.25, -0.2) is 0 Å². The molecule has 6 heteroatoms. The highest BCUT2D eigenvalue weighted by molar-refractivity contribution is 5.41. The van der Waals surface area contributed by atoms with E-state index in [4.69, 9.17) is 0 Å². The fourth-order valence-electron chi connectivity index (χ4n) is 2.66. The van der Waals surface area contributed by atoms with E-state index in [0.29, 0.717) is 12.1 Å². The highest BCUT2D eigenvalue weighted by Crippen LogP contribution is 2.20. The second-order valence-electron chi connectivity index (χ2n) is 5.12. The van der Waals surface area contributed by atoms with E-state index in [1.807, 2.05) is 0 Å². The largest absolute Gasteiger partial charge is 0.872 e. The van der Waals surface area contributed by atoms with Gasteiger partial charge in [-0.15, -0.1) is 0 Å². The number of quaternary nitrogens is 1. The van der Waals surface area contributed by atoms with Crippen LogP contribution in [0.15, 0.2) is 18.2 Å². The molecule has 0 aliphatic carbocycles. The minimum Gasteiger partial charge on any atom is -0.872 e. The third kappa shape index (κ3) is 3.42. The maximum Gasteiger partial charge on any atom is 0.269 e. The second kappa shape index (κ2) is 5.99. The average molecular weight is 266 g/mol. The first-order chi connectivity index (χ1) is 9.10. The highest BCUT2D eigenvalue weighted by Gasteiger charge is 2.23. The quantitative estimate of drug-likeness (QED) is 0.565. The first kappa shape index (κ1) is 13.8. The van der Waals surface area contributed by atoms with Gasteiger partial charge in [-0.05, 0) is 12.8 Å². The number of non-ortho nitro benzene ring substituents is 1. The first-order valence-electron chi connectivity index (χ1n) is 6.49. The Labute approximate surface area is 111 Å². The molecule has 0 radical (unpaired) electrons. The third-order valence-electron chi connectivity index (χ3n) is 3.67. The molecule has 1 aliphatic heterocycles. The normalized spacial score (nSPS) is 23.2. The van der Waals surface area contributed by atoms with Gasteiger partial charge in [0, 0.05) is 23.6 Å². The fraction of sp³-hybridized carbons (Fsp3) is 0.538. The van der Waals surface area contributed by atoms with Crippen LogP contribution in [-0.2, 0) is 6.54 Å². The van der Waals surface area contributed by atoms with Crippen molar-refractivity contribution in [3.8, 4) is 5.75 Å². The maximum absolute atomic E-state index is 11.7. The van der Waals surface area contributed by atoms with Crippen LogP contribution in [-0.4, -0.2) is 29.7 Å². The Morgan fingerprint density at radius 2 is 2.26 bits per heavy atom. The molecule has 1 aromatic carbocycles. The average Bonchev–Trinajstić information content (AvgIpc) is 2.41. The lowest BCUT2D eigenvalue weighted by Crippen LogP contribution is -3.12. The zero-order valence-electron chi connectivity index (χ0n) is 10.7. The van der Waals surface area contributed by atoms with E-state index in [1.54, 1.807) is 0 Å².